The van der Waals surface area contributed by atoms with Crippen molar-refractivity contribution in [1.82, 2.24) is 9.78 Å². The van der Waals surface area contributed by atoms with Crippen LogP contribution in [0.25, 0.3) is 0 Å². The van der Waals surface area contributed by atoms with Gasteiger partial charge in [0.15, 0.2) is 0 Å². The Hall–Kier alpha value is -0.840. The molecule has 0 spiro atoms. The highest BCUT2D eigenvalue weighted by Crippen LogP contribution is 2.31. The first-order valence-electron chi connectivity index (χ1n) is 6.26. The Balaban J connectivity index is 2.30. The summed E-state index contributed by atoms with van der Waals surface area (Å²) in [6.07, 6.45) is 1.23. The number of nitrogen functional groups attached to an aromatic ring is 1. The SMILES string of the molecule is CC(C)c1nn(C)c(N2CCCSCC2)c1N. The number of nitrogens with zero attached hydrogens (tertiary/aromatic N) is 3. The van der Waals surface area contributed by atoms with Crippen molar-refractivity contribution in [2.75, 3.05) is 35.2 Å². The van der Waals surface area contributed by atoms with Crippen LogP contribution in [0.2, 0.25) is 0 Å². The fourth-order valence-corrected chi connectivity index (χ4v) is 3.20. The molecule has 0 radical (unpaired) electrons. The number of aryl methyl sites for hydroxylation is 1. The summed E-state index contributed by atoms with van der Waals surface area (Å²) in [6.45, 7) is 6.45. The molecular formula is C12H22N4S. The Morgan fingerprint density at radius 1 is 1.29 bits per heavy atom. The van der Waals surface area contributed by atoms with E-state index in [0.29, 0.717) is 5.92 Å². The van der Waals surface area contributed by atoms with E-state index in [-0.39, 0.29) is 0 Å². The van der Waals surface area contributed by atoms with Crippen LogP contribution in [0.15, 0.2) is 0 Å². The summed E-state index contributed by atoms with van der Waals surface area (Å²) in [7, 11) is 2.00. The Labute approximate surface area is 108 Å². The summed E-state index contributed by atoms with van der Waals surface area (Å²) in [5.74, 6) is 3.93. The number of rotatable bonds is 2. The van der Waals surface area contributed by atoms with Gasteiger partial charge in [-0.15, -0.1) is 0 Å². The highest BCUT2D eigenvalue weighted by Gasteiger charge is 2.21. The molecular weight excluding hydrogens is 232 g/mol. The predicted octanol–water partition coefficient (Wildman–Crippen LogP) is 2.07. The fraction of sp³-hybridized carbons (Fsp3) is 0.750. The maximum absolute atomic E-state index is 6.26. The lowest BCUT2D eigenvalue weighted by Crippen LogP contribution is -2.28. The van der Waals surface area contributed by atoms with Gasteiger partial charge >= 0.3 is 0 Å². The van der Waals surface area contributed by atoms with Gasteiger partial charge in [-0.25, -0.2) is 0 Å². The third-order valence-electron chi connectivity index (χ3n) is 3.15. The van der Waals surface area contributed by atoms with Crippen LogP contribution in [0.3, 0.4) is 0 Å². The number of nitrogens with two attached hydrogens (primary N) is 1. The van der Waals surface area contributed by atoms with E-state index in [0.717, 1.165) is 30.3 Å². The van der Waals surface area contributed by atoms with Crippen LogP contribution >= 0.6 is 11.8 Å². The number of anilines is 2. The summed E-state index contributed by atoms with van der Waals surface area (Å²) in [5, 5.41) is 4.56. The van der Waals surface area contributed by atoms with E-state index in [1.807, 2.05) is 23.5 Å². The number of thioether (sulfide) groups is 1. The first-order chi connectivity index (χ1) is 8.11. The minimum atomic E-state index is 0.385. The van der Waals surface area contributed by atoms with Gasteiger partial charge in [-0.3, -0.25) is 4.68 Å². The Morgan fingerprint density at radius 2 is 2.06 bits per heavy atom. The molecule has 1 aromatic heterocycles. The second-order valence-corrected chi connectivity index (χ2v) is 6.08. The molecule has 0 bridgehead atoms. The van der Waals surface area contributed by atoms with E-state index in [1.54, 1.807) is 0 Å². The zero-order valence-electron chi connectivity index (χ0n) is 10.9. The molecule has 0 aliphatic carbocycles. The van der Waals surface area contributed by atoms with Crippen LogP contribution in [0, 0.1) is 0 Å². The van der Waals surface area contributed by atoms with E-state index < -0.39 is 0 Å². The normalized spacial score (nSPS) is 17.5. The molecule has 1 aliphatic rings. The van der Waals surface area contributed by atoms with E-state index in [2.05, 4.69) is 23.8 Å². The largest absolute Gasteiger partial charge is 0.394 e. The lowest BCUT2D eigenvalue weighted by Gasteiger charge is -2.22. The van der Waals surface area contributed by atoms with Gasteiger partial charge in [-0.1, -0.05) is 13.8 Å². The average Bonchev–Trinajstić information content (AvgIpc) is 2.49. The van der Waals surface area contributed by atoms with Crippen molar-refractivity contribution in [2.24, 2.45) is 7.05 Å². The molecule has 17 heavy (non-hydrogen) atoms. The van der Waals surface area contributed by atoms with Gasteiger partial charge in [-0.2, -0.15) is 16.9 Å². The van der Waals surface area contributed by atoms with Crippen LogP contribution in [0.1, 0.15) is 31.9 Å². The Bertz CT molecular complexity index is 378. The van der Waals surface area contributed by atoms with Crippen molar-refractivity contribution < 1.29 is 0 Å². The first-order valence-corrected chi connectivity index (χ1v) is 7.41. The smallest absolute Gasteiger partial charge is 0.150 e. The van der Waals surface area contributed by atoms with Gasteiger partial charge < -0.3 is 10.6 Å². The monoisotopic (exact) mass is 254 g/mol. The van der Waals surface area contributed by atoms with Crippen molar-refractivity contribution in [1.29, 1.82) is 0 Å². The summed E-state index contributed by atoms with van der Waals surface area (Å²) in [5.41, 5.74) is 8.15. The van der Waals surface area contributed by atoms with Crippen molar-refractivity contribution in [3.05, 3.63) is 5.69 Å². The summed E-state index contributed by atoms with van der Waals surface area (Å²) < 4.78 is 1.95. The van der Waals surface area contributed by atoms with Crippen LogP contribution in [-0.4, -0.2) is 34.4 Å². The molecule has 0 atom stereocenters. The average molecular weight is 254 g/mol. The van der Waals surface area contributed by atoms with Gasteiger partial charge in [-0.05, 0) is 18.1 Å². The molecule has 2 N–H and O–H groups in total. The highest BCUT2D eigenvalue weighted by atomic mass is 32.2. The minimum Gasteiger partial charge on any atom is -0.394 e. The Kier molecular flexibility index (Phi) is 3.86. The van der Waals surface area contributed by atoms with Gasteiger partial charge in [0.05, 0.1) is 11.4 Å². The summed E-state index contributed by atoms with van der Waals surface area (Å²) in [6, 6.07) is 0. The molecule has 5 heteroatoms. The molecule has 0 saturated carbocycles. The van der Waals surface area contributed by atoms with E-state index in [4.69, 9.17) is 5.73 Å². The molecule has 0 aromatic carbocycles. The molecule has 1 fully saturated rings. The standard InChI is InChI=1S/C12H22N4S/c1-9(2)11-10(13)12(15(3)14-11)16-5-4-7-17-8-6-16/h9H,4-8,13H2,1-3H3. The molecule has 1 aromatic rings. The maximum Gasteiger partial charge on any atom is 0.150 e. The van der Waals surface area contributed by atoms with E-state index in [1.165, 1.54) is 17.9 Å². The van der Waals surface area contributed by atoms with Gasteiger partial charge in [0, 0.05) is 25.9 Å². The van der Waals surface area contributed by atoms with Gasteiger partial charge in [0.25, 0.3) is 0 Å². The van der Waals surface area contributed by atoms with E-state index >= 15 is 0 Å². The van der Waals surface area contributed by atoms with Crippen LogP contribution in [0.4, 0.5) is 11.5 Å². The lowest BCUT2D eigenvalue weighted by molar-refractivity contribution is 0.686. The van der Waals surface area contributed by atoms with Crippen molar-refractivity contribution >= 4 is 23.3 Å². The quantitative estimate of drug-likeness (QED) is 0.877. The van der Waals surface area contributed by atoms with Crippen LogP contribution < -0.4 is 10.6 Å². The zero-order chi connectivity index (χ0) is 12.4. The molecule has 96 valence electrons. The molecule has 0 unspecified atom stereocenters. The topological polar surface area (TPSA) is 47.1 Å². The summed E-state index contributed by atoms with van der Waals surface area (Å²) in [4.78, 5) is 2.38. The lowest BCUT2D eigenvalue weighted by atomic mass is 10.1. The molecule has 1 saturated heterocycles. The second-order valence-electron chi connectivity index (χ2n) is 4.85. The predicted molar refractivity (Wildman–Crippen MR) is 75.9 cm³/mol. The van der Waals surface area contributed by atoms with Crippen LogP contribution in [-0.2, 0) is 7.05 Å². The minimum absolute atomic E-state index is 0.385. The fourth-order valence-electron chi connectivity index (χ4n) is 2.31. The van der Waals surface area contributed by atoms with Crippen molar-refractivity contribution in [2.45, 2.75) is 26.2 Å². The first kappa shape index (κ1) is 12.6. The van der Waals surface area contributed by atoms with Crippen molar-refractivity contribution in [3.8, 4) is 0 Å². The summed E-state index contributed by atoms with van der Waals surface area (Å²) >= 11 is 2.03. The number of hydrogen-bond donors (Lipinski definition) is 1. The van der Waals surface area contributed by atoms with Gasteiger partial charge in [0.2, 0.25) is 0 Å². The number of hydrogen-bond acceptors (Lipinski definition) is 4. The van der Waals surface area contributed by atoms with Gasteiger partial charge in [0.1, 0.15) is 5.82 Å². The third-order valence-corrected chi connectivity index (χ3v) is 4.20. The molecule has 4 nitrogen and oxygen atoms in total. The number of aromatic nitrogens is 2. The van der Waals surface area contributed by atoms with Crippen LogP contribution in [0.5, 0.6) is 0 Å². The second kappa shape index (κ2) is 5.21. The van der Waals surface area contributed by atoms with Crippen molar-refractivity contribution in [3.63, 3.8) is 0 Å². The highest BCUT2D eigenvalue weighted by molar-refractivity contribution is 7.99. The Morgan fingerprint density at radius 3 is 2.71 bits per heavy atom. The zero-order valence-corrected chi connectivity index (χ0v) is 11.8. The molecule has 2 rings (SSSR count). The molecule has 0 amide bonds. The molecule has 1 aliphatic heterocycles. The third kappa shape index (κ3) is 2.54. The van der Waals surface area contributed by atoms with E-state index in [9.17, 15) is 0 Å². The maximum atomic E-state index is 6.26. The molecule has 2 heterocycles.